The van der Waals surface area contributed by atoms with E-state index in [4.69, 9.17) is 11.0 Å². The van der Waals surface area contributed by atoms with Gasteiger partial charge in [-0.2, -0.15) is 0 Å². The number of fused-ring (bicyclic) bond motifs is 1. The van der Waals surface area contributed by atoms with E-state index in [1.807, 2.05) is 0 Å². The van der Waals surface area contributed by atoms with Crippen molar-refractivity contribution in [2.75, 3.05) is 20.6 Å². The lowest BCUT2D eigenvalue weighted by Gasteiger charge is -2.08. The summed E-state index contributed by atoms with van der Waals surface area (Å²) in [6.07, 6.45) is -2.98. The molecular formula is C13H18N2. The maximum atomic E-state index is 8.25. The molecule has 0 bridgehead atoms. The molecule has 1 aromatic heterocycles. The number of rotatable bonds is 3. The van der Waals surface area contributed by atoms with E-state index < -0.39 is 12.9 Å². The van der Waals surface area contributed by atoms with Gasteiger partial charge in [-0.05, 0) is 45.0 Å². The number of likely N-dealkylation sites (N-methyl/N-ethyl adjacent to an activating group) is 1. The Morgan fingerprint density at radius 3 is 3.00 bits per heavy atom. The fourth-order valence-electron chi connectivity index (χ4n) is 1.23. The molecule has 2 aromatic rings. The van der Waals surface area contributed by atoms with Crippen LogP contribution in [0.25, 0.3) is 10.9 Å². The van der Waals surface area contributed by atoms with Crippen molar-refractivity contribution in [1.82, 2.24) is 9.88 Å². The average molecular weight is 210 g/mol. The van der Waals surface area contributed by atoms with Gasteiger partial charge >= 0.3 is 0 Å². The van der Waals surface area contributed by atoms with Gasteiger partial charge in [-0.3, -0.25) is 0 Å². The number of benzene rings is 1. The molecule has 0 aliphatic heterocycles. The summed E-state index contributed by atoms with van der Waals surface area (Å²) in [5.74, 6) is 0. The number of nitrogens with zero attached hydrogens (tertiary/aromatic N) is 1. The third-order valence-corrected chi connectivity index (χ3v) is 1.90. The van der Waals surface area contributed by atoms with Crippen molar-refractivity contribution < 1.29 is 11.0 Å². The molecular weight excluding hydrogens is 184 g/mol. The Morgan fingerprint density at radius 1 is 1.47 bits per heavy atom. The van der Waals surface area contributed by atoms with E-state index in [0.29, 0.717) is 0 Å². The van der Waals surface area contributed by atoms with Crippen molar-refractivity contribution in [2.24, 2.45) is 0 Å². The van der Waals surface area contributed by atoms with Crippen molar-refractivity contribution in [1.29, 1.82) is 0 Å². The van der Waals surface area contributed by atoms with E-state index in [9.17, 15) is 0 Å². The predicted molar refractivity (Wildman–Crippen MR) is 65.3 cm³/mol. The standard InChI is InChI=1S/C13H18N2/c1-10-4-5-13-12(8-10)11(9-14-13)6-7-15(2)3/h4-5,8-9,14H,6-7H2,1-3H3/i4D,5D,6D2,7D2,8D,9D. The molecule has 0 amide bonds. The monoisotopic (exact) mass is 210 g/mol. The van der Waals surface area contributed by atoms with Gasteiger partial charge in [-0.25, -0.2) is 0 Å². The van der Waals surface area contributed by atoms with Crippen LogP contribution in [-0.2, 0) is 6.37 Å². The van der Waals surface area contributed by atoms with Gasteiger partial charge in [0.15, 0.2) is 0 Å². The third kappa shape index (κ3) is 2.21. The molecule has 0 saturated carbocycles. The van der Waals surface area contributed by atoms with E-state index in [-0.39, 0.29) is 46.3 Å². The Hall–Kier alpha value is -1.28. The number of hydrogen-bond acceptors (Lipinski definition) is 1. The number of nitrogens with one attached hydrogen (secondary N) is 1. The Labute approximate surface area is 102 Å². The molecule has 1 aromatic carbocycles. The van der Waals surface area contributed by atoms with Crippen LogP contribution in [-0.4, -0.2) is 30.5 Å². The van der Waals surface area contributed by atoms with Gasteiger partial charge in [0.05, 0.1) is 5.48 Å². The summed E-state index contributed by atoms with van der Waals surface area (Å²) in [6, 6.07) is -0.551. The highest BCUT2D eigenvalue weighted by atomic mass is 15.0. The smallest absolute Gasteiger partial charge is 0.0819 e. The van der Waals surface area contributed by atoms with Gasteiger partial charge in [-0.15, -0.1) is 0 Å². The van der Waals surface area contributed by atoms with Crippen LogP contribution in [0.1, 0.15) is 22.1 Å². The maximum absolute atomic E-state index is 8.25. The Bertz CT molecular complexity index is 778. The van der Waals surface area contributed by atoms with E-state index >= 15 is 0 Å². The van der Waals surface area contributed by atoms with Crippen LogP contribution < -0.4 is 0 Å². The van der Waals surface area contributed by atoms with E-state index in [1.165, 1.54) is 21.0 Å². The summed E-state index contributed by atoms with van der Waals surface area (Å²) in [6.45, 7) is -0.946. The van der Waals surface area contributed by atoms with Crippen molar-refractivity contribution in [2.45, 2.75) is 13.3 Å². The van der Waals surface area contributed by atoms with Crippen LogP contribution in [0.15, 0.2) is 24.3 Å². The number of hydrogen-bond donors (Lipinski definition) is 1. The topological polar surface area (TPSA) is 19.0 Å². The summed E-state index contributed by atoms with van der Waals surface area (Å²) in [5, 5.41) is -0.00998. The SMILES string of the molecule is [2H]c1[nH]c2c([2H])c([2H])c(C)c([2H])c2c1C([2H])([2H])C([2H])([2H])N(C)C. The lowest BCUT2D eigenvalue weighted by molar-refractivity contribution is 0.414. The molecule has 0 saturated heterocycles. The summed E-state index contributed by atoms with van der Waals surface area (Å²) in [4.78, 5) is 3.61. The van der Waals surface area contributed by atoms with Gasteiger partial charge in [0.25, 0.3) is 0 Å². The third-order valence-electron chi connectivity index (χ3n) is 1.90. The average Bonchev–Trinajstić information content (AvgIpc) is 2.80. The van der Waals surface area contributed by atoms with Gasteiger partial charge in [0, 0.05) is 29.1 Å². The van der Waals surface area contributed by atoms with Crippen LogP contribution in [0.4, 0.5) is 0 Å². The highest BCUT2D eigenvalue weighted by molar-refractivity contribution is 5.83. The van der Waals surface area contributed by atoms with Crippen LogP contribution in [0.2, 0.25) is 0 Å². The second-order valence-corrected chi connectivity index (χ2v) is 3.51. The Balaban J connectivity index is 2.95. The first-order valence-corrected chi connectivity index (χ1v) is 4.62. The molecule has 0 atom stereocenters. The fourth-order valence-corrected chi connectivity index (χ4v) is 1.23. The van der Waals surface area contributed by atoms with E-state index in [1.54, 1.807) is 0 Å². The molecule has 0 radical (unpaired) electrons. The summed E-state index contributed by atoms with van der Waals surface area (Å²) >= 11 is 0. The van der Waals surface area contributed by atoms with Crippen molar-refractivity contribution >= 4 is 10.9 Å². The Morgan fingerprint density at radius 2 is 2.27 bits per heavy atom. The molecule has 2 heteroatoms. The minimum atomic E-state index is -2.59. The minimum Gasteiger partial charge on any atom is -0.361 e. The first kappa shape index (κ1) is 4.30. The fraction of sp³-hybridized carbons (Fsp3) is 0.385. The van der Waals surface area contributed by atoms with Crippen molar-refractivity contribution in [3.63, 3.8) is 0 Å². The van der Waals surface area contributed by atoms with E-state index in [0.717, 1.165) is 4.90 Å². The first-order chi connectivity index (χ1) is 10.4. The Kier molecular flexibility index (Phi) is 1.17. The second-order valence-electron chi connectivity index (χ2n) is 3.51. The predicted octanol–water partition coefficient (Wildman–Crippen LogP) is 2.58. The highest BCUT2D eigenvalue weighted by Gasteiger charge is 2.03. The van der Waals surface area contributed by atoms with Gasteiger partial charge in [0.1, 0.15) is 0 Å². The number of aromatic amines is 1. The molecule has 0 aliphatic rings. The van der Waals surface area contributed by atoms with Gasteiger partial charge in [-0.1, -0.05) is 11.6 Å². The largest absolute Gasteiger partial charge is 0.361 e. The molecule has 0 spiro atoms. The molecule has 2 nitrogen and oxygen atoms in total. The maximum Gasteiger partial charge on any atom is 0.0819 e. The molecule has 80 valence electrons. The molecule has 1 heterocycles. The second kappa shape index (κ2) is 4.07. The first-order valence-electron chi connectivity index (χ1n) is 8.62. The van der Waals surface area contributed by atoms with Crippen molar-refractivity contribution in [3.8, 4) is 0 Å². The minimum absolute atomic E-state index is 0.00998. The zero-order chi connectivity index (χ0) is 17.9. The molecule has 15 heavy (non-hydrogen) atoms. The van der Waals surface area contributed by atoms with Gasteiger partial charge in [0.2, 0.25) is 0 Å². The van der Waals surface area contributed by atoms with Crippen LogP contribution in [0.3, 0.4) is 0 Å². The zero-order valence-corrected chi connectivity index (χ0v) is 8.95. The summed E-state index contributed by atoms with van der Waals surface area (Å²) < 4.78 is 64.5. The molecule has 2 rings (SSSR count). The molecule has 0 unspecified atom stereocenters. The summed E-state index contributed by atoms with van der Waals surface area (Å²) in [5.41, 5.74) is -0.0826. The van der Waals surface area contributed by atoms with Crippen LogP contribution >= 0.6 is 0 Å². The lowest BCUT2D eigenvalue weighted by Crippen LogP contribution is -2.14. The normalized spacial score (nSPS) is 21.1. The highest BCUT2D eigenvalue weighted by Crippen LogP contribution is 2.19. The summed E-state index contributed by atoms with van der Waals surface area (Å²) in [7, 11) is 2.78. The van der Waals surface area contributed by atoms with Gasteiger partial charge < -0.3 is 9.88 Å². The molecule has 0 fully saturated rings. The van der Waals surface area contributed by atoms with Crippen LogP contribution in [0, 0.1) is 6.92 Å². The van der Waals surface area contributed by atoms with Crippen molar-refractivity contribution in [3.05, 3.63) is 35.4 Å². The lowest BCUT2D eigenvalue weighted by atomic mass is 10.1. The quantitative estimate of drug-likeness (QED) is 0.825. The number of H-pyrrole nitrogens is 1. The number of aryl methyl sites for hydroxylation is 1. The molecule has 1 N–H and O–H groups in total. The number of aromatic nitrogens is 1. The van der Waals surface area contributed by atoms with E-state index in [2.05, 4.69) is 4.98 Å². The zero-order valence-electron chi connectivity index (χ0n) is 16.9. The molecule has 0 aliphatic carbocycles. The van der Waals surface area contributed by atoms with Crippen LogP contribution in [0.5, 0.6) is 0 Å².